The van der Waals surface area contributed by atoms with E-state index < -0.39 is 0 Å². The van der Waals surface area contributed by atoms with Gasteiger partial charge in [0.2, 0.25) is 0 Å². The molecular weight excluding hydrogens is 318 g/mol. The van der Waals surface area contributed by atoms with Crippen LogP contribution in [0, 0.1) is 35.5 Å². The van der Waals surface area contributed by atoms with Crippen LogP contribution in [-0.4, -0.2) is 17.2 Å². The first kappa shape index (κ1) is 14.0. The van der Waals surface area contributed by atoms with Crippen molar-refractivity contribution in [2.24, 2.45) is 41.2 Å². The second-order valence-corrected chi connectivity index (χ2v) is 6.41. The fourth-order valence-electron chi connectivity index (χ4n) is 3.38. The minimum Gasteiger partial charge on any atom is -0.330 e. The fraction of sp³-hybridized carbons (Fsp3) is 1.00. The molecule has 90 valence electrons. The van der Waals surface area contributed by atoms with E-state index in [9.17, 15) is 0 Å². The monoisotopic (exact) mass is 339 g/mol. The zero-order chi connectivity index (χ0) is 11.6. The Morgan fingerprint density at radius 1 is 0.800 bits per heavy atom. The SMILES string of the molecule is CC1C(CN)C(C)C(CBr)C(C)C1CBr. The highest BCUT2D eigenvalue weighted by Crippen LogP contribution is 2.46. The molecule has 15 heavy (non-hydrogen) atoms. The lowest BCUT2D eigenvalue weighted by Crippen LogP contribution is -2.47. The first-order valence-corrected chi connectivity index (χ1v) is 8.14. The van der Waals surface area contributed by atoms with Crippen LogP contribution in [-0.2, 0) is 0 Å². The fourth-order valence-corrected chi connectivity index (χ4v) is 5.74. The highest BCUT2D eigenvalue weighted by Gasteiger charge is 2.43. The summed E-state index contributed by atoms with van der Waals surface area (Å²) < 4.78 is 0. The zero-order valence-electron chi connectivity index (χ0n) is 9.92. The summed E-state index contributed by atoms with van der Waals surface area (Å²) in [4.78, 5) is 0. The predicted molar refractivity (Wildman–Crippen MR) is 74.6 cm³/mol. The summed E-state index contributed by atoms with van der Waals surface area (Å²) in [5.74, 6) is 4.52. The third-order valence-electron chi connectivity index (χ3n) is 4.68. The van der Waals surface area contributed by atoms with Gasteiger partial charge in [-0.15, -0.1) is 0 Å². The van der Waals surface area contributed by atoms with Gasteiger partial charge in [0, 0.05) is 10.7 Å². The van der Waals surface area contributed by atoms with Crippen molar-refractivity contribution in [1.82, 2.24) is 0 Å². The lowest BCUT2D eigenvalue weighted by atomic mass is 9.59. The molecule has 4 atom stereocenters. The maximum Gasteiger partial charge on any atom is 0.00649 e. The van der Waals surface area contributed by atoms with Crippen LogP contribution in [0.1, 0.15) is 20.8 Å². The van der Waals surface area contributed by atoms with E-state index in [4.69, 9.17) is 5.73 Å². The van der Waals surface area contributed by atoms with Gasteiger partial charge in [-0.3, -0.25) is 0 Å². The van der Waals surface area contributed by atoms with Gasteiger partial charge in [0.05, 0.1) is 0 Å². The van der Waals surface area contributed by atoms with Crippen molar-refractivity contribution in [2.75, 3.05) is 17.2 Å². The van der Waals surface area contributed by atoms with Crippen molar-refractivity contribution >= 4 is 31.9 Å². The average Bonchev–Trinajstić information content (AvgIpc) is 2.19. The molecule has 4 unspecified atom stereocenters. The van der Waals surface area contributed by atoms with Crippen LogP contribution in [0.2, 0.25) is 0 Å². The van der Waals surface area contributed by atoms with Gasteiger partial charge < -0.3 is 5.73 Å². The molecule has 0 bridgehead atoms. The lowest BCUT2D eigenvalue weighted by Gasteiger charge is -2.48. The van der Waals surface area contributed by atoms with Crippen LogP contribution >= 0.6 is 31.9 Å². The summed E-state index contributed by atoms with van der Waals surface area (Å²) in [5, 5.41) is 2.23. The van der Waals surface area contributed by atoms with Gasteiger partial charge in [0.1, 0.15) is 0 Å². The standard InChI is InChI=1S/C12H23Br2N/c1-7-10(4-13)8(2)12(6-15)9(3)11(7)5-14/h7-12H,4-6,15H2,1-3H3. The summed E-state index contributed by atoms with van der Waals surface area (Å²) >= 11 is 7.34. The van der Waals surface area contributed by atoms with Gasteiger partial charge in [-0.2, -0.15) is 0 Å². The maximum atomic E-state index is 5.93. The van der Waals surface area contributed by atoms with Crippen molar-refractivity contribution in [1.29, 1.82) is 0 Å². The highest BCUT2D eigenvalue weighted by molar-refractivity contribution is 9.09. The second kappa shape index (κ2) is 6.02. The van der Waals surface area contributed by atoms with E-state index in [1.165, 1.54) is 0 Å². The Hall–Kier alpha value is 0.920. The summed E-state index contributed by atoms with van der Waals surface area (Å²) in [6.45, 7) is 7.99. The van der Waals surface area contributed by atoms with Gasteiger partial charge in [-0.25, -0.2) is 0 Å². The van der Waals surface area contributed by atoms with Crippen molar-refractivity contribution in [3.05, 3.63) is 0 Å². The molecule has 1 aliphatic rings. The minimum absolute atomic E-state index is 0.686. The van der Waals surface area contributed by atoms with E-state index in [1.54, 1.807) is 0 Å². The number of alkyl halides is 2. The van der Waals surface area contributed by atoms with Gasteiger partial charge in [-0.1, -0.05) is 52.6 Å². The van der Waals surface area contributed by atoms with Crippen LogP contribution < -0.4 is 5.73 Å². The van der Waals surface area contributed by atoms with E-state index in [-0.39, 0.29) is 0 Å². The molecular formula is C12H23Br2N. The summed E-state index contributed by atoms with van der Waals surface area (Å²) in [7, 11) is 0. The summed E-state index contributed by atoms with van der Waals surface area (Å²) in [6, 6.07) is 0. The third-order valence-corrected chi connectivity index (χ3v) is 6.18. The normalized spacial score (nSPS) is 46.8. The molecule has 1 rings (SSSR count). The molecule has 1 aliphatic carbocycles. The molecule has 0 saturated heterocycles. The Labute approximate surface area is 111 Å². The number of nitrogens with two attached hydrogens (primary N) is 1. The maximum absolute atomic E-state index is 5.93. The van der Waals surface area contributed by atoms with Gasteiger partial charge in [0.15, 0.2) is 0 Å². The molecule has 1 saturated carbocycles. The number of halogens is 2. The number of rotatable bonds is 3. The zero-order valence-corrected chi connectivity index (χ0v) is 13.1. The largest absolute Gasteiger partial charge is 0.330 e. The van der Waals surface area contributed by atoms with Gasteiger partial charge in [0.25, 0.3) is 0 Å². The summed E-state index contributed by atoms with van der Waals surface area (Å²) in [5.41, 5.74) is 5.93. The Bertz CT molecular complexity index is 153. The smallest absolute Gasteiger partial charge is 0.00649 e. The molecule has 0 aromatic rings. The number of hydrogen-bond donors (Lipinski definition) is 1. The highest BCUT2D eigenvalue weighted by atomic mass is 79.9. The number of hydrogen-bond acceptors (Lipinski definition) is 1. The second-order valence-electron chi connectivity index (χ2n) is 5.11. The minimum atomic E-state index is 0.686. The van der Waals surface area contributed by atoms with E-state index in [2.05, 4.69) is 52.6 Å². The Balaban J connectivity index is 2.87. The Kier molecular flexibility index (Phi) is 5.61. The topological polar surface area (TPSA) is 26.0 Å². The van der Waals surface area contributed by atoms with Crippen LogP contribution in [0.5, 0.6) is 0 Å². The van der Waals surface area contributed by atoms with Gasteiger partial charge in [-0.05, 0) is 42.1 Å². The lowest BCUT2D eigenvalue weighted by molar-refractivity contribution is 0.0311. The van der Waals surface area contributed by atoms with Crippen LogP contribution in [0.15, 0.2) is 0 Å². The molecule has 1 fully saturated rings. The van der Waals surface area contributed by atoms with Gasteiger partial charge >= 0.3 is 0 Å². The van der Waals surface area contributed by atoms with Crippen LogP contribution in [0.4, 0.5) is 0 Å². The van der Waals surface area contributed by atoms with Crippen molar-refractivity contribution in [3.8, 4) is 0 Å². The third kappa shape index (κ3) is 2.61. The molecule has 0 radical (unpaired) electrons. The average molecular weight is 341 g/mol. The molecule has 1 nitrogen and oxygen atoms in total. The van der Waals surface area contributed by atoms with Crippen molar-refractivity contribution in [2.45, 2.75) is 20.8 Å². The summed E-state index contributed by atoms with van der Waals surface area (Å²) in [6.07, 6.45) is 0. The van der Waals surface area contributed by atoms with Crippen LogP contribution in [0.3, 0.4) is 0 Å². The molecule has 2 N–H and O–H groups in total. The van der Waals surface area contributed by atoms with Crippen molar-refractivity contribution < 1.29 is 0 Å². The predicted octanol–water partition coefficient (Wildman–Crippen LogP) is 3.51. The molecule has 0 heterocycles. The molecule has 0 amide bonds. The van der Waals surface area contributed by atoms with E-state index >= 15 is 0 Å². The van der Waals surface area contributed by atoms with Crippen molar-refractivity contribution in [3.63, 3.8) is 0 Å². The Morgan fingerprint density at radius 3 is 1.40 bits per heavy atom. The molecule has 3 heteroatoms. The first-order valence-electron chi connectivity index (χ1n) is 5.90. The van der Waals surface area contributed by atoms with E-state index in [0.717, 1.165) is 46.8 Å². The molecule has 0 aromatic heterocycles. The Morgan fingerprint density at radius 2 is 1.13 bits per heavy atom. The van der Waals surface area contributed by atoms with E-state index in [0.29, 0.717) is 5.92 Å². The molecule has 0 aromatic carbocycles. The molecule has 0 spiro atoms. The quantitative estimate of drug-likeness (QED) is 0.782. The van der Waals surface area contributed by atoms with E-state index in [1.807, 2.05) is 0 Å². The first-order chi connectivity index (χ1) is 7.08. The molecule has 0 aliphatic heterocycles. The van der Waals surface area contributed by atoms with Crippen LogP contribution in [0.25, 0.3) is 0 Å².